The zero-order valence-electron chi connectivity index (χ0n) is 11.2. The Morgan fingerprint density at radius 2 is 2.05 bits per heavy atom. The summed E-state index contributed by atoms with van der Waals surface area (Å²) in [5, 5.41) is -0.232. The Kier molecular flexibility index (Phi) is 4.76. The van der Waals surface area contributed by atoms with Crippen LogP contribution in [-0.2, 0) is 20.6 Å². The lowest BCUT2D eigenvalue weighted by Crippen LogP contribution is -2.32. The highest BCUT2D eigenvalue weighted by atomic mass is 35.5. The molecule has 7 heteroatoms. The van der Waals surface area contributed by atoms with Gasteiger partial charge in [-0.1, -0.05) is 24.1 Å². The standard InChI is InChI=1S/C13H18ClNO3S2/c1-20(17,18)10-5-2-4-9(8-10)19(16)13-11(14)6-3-7-12(13)15/h3,6-7,9-10H,2,4-5,8,15H2,1H3. The first-order chi connectivity index (χ1) is 9.30. The van der Waals surface area contributed by atoms with Gasteiger partial charge >= 0.3 is 0 Å². The molecule has 0 saturated heterocycles. The molecule has 1 fully saturated rings. The quantitative estimate of drug-likeness (QED) is 0.860. The summed E-state index contributed by atoms with van der Waals surface area (Å²) in [5.41, 5.74) is 6.25. The summed E-state index contributed by atoms with van der Waals surface area (Å²) in [4.78, 5) is 0.438. The summed E-state index contributed by atoms with van der Waals surface area (Å²) >= 11 is 6.08. The van der Waals surface area contributed by atoms with Gasteiger partial charge in [0.15, 0.2) is 0 Å². The molecule has 0 heterocycles. The molecular formula is C13H18ClNO3S2. The van der Waals surface area contributed by atoms with E-state index in [-0.39, 0.29) is 5.25 Å². The van der Waals surface area contributed by atoms with Crippen molar-refractivity contribution in [3.63, 3.8) is 0 Å². The van der Waals surface area contributed by atoms with Crippen LogP contribution in [0, 0.1) is 0 Å². The van der Waals surface area contributed by atoms with Crippen LogP contribution in [0.15, 0.2) is 23.1 Å². The van der Waals surface area contributed by atoms with E-state index < -0.39 is 25.9 Å². The summed E-state index contributed by atoms with van der Waals surface area (Å²) < 4.78 is 36.0. The monoisotopic (exact) mass is 335 g/mol. The highest BCUT2D eigenvalue weighted by Crippen LogP contribution is 2.34. The molecule has 4 nitrogen and oxygen atoms in total. The molecular weight excluding hydrogens is 318 g/mol. The fourth-order valence-electron chi connectivity index (χ4n) is 2.59. The van der Waals surface area contributed by atoms with Crippen molar-refractivity contribution >= 4 is 37.9 Å². The maximum absolute atomic E-state index is 12.7. The number of nitrogen functional groups attached to an aromatic ring is 1. The summed E-state index contributed by atoms with van der Waals surface area (Å²) in [6.45, 7) is 0. The smallest absolute Gasteiger partial charge is 0.150 e. The number of nitrogens with two attached hydrogens (primary N) is 1. The molecule has 0 aliphatic heterocycles. The maximum atomic E-state index is 12.7. The minimum absolute atomic E-state index is 0.203. The Morgan fingerprint density at radius 3 is 2.65 bits per heavy atom. The molecule has 0 bridgehead atoms. The molecule has 112 valence electrons. The van der Waals surface area contributed by atoms with Crippen molar-refractivity contribution < 1.29 is 12.6 Å². The normalized spacial score (nSPS) is 25.3. The molecule has 0 aromatic heterocycles. The van der Waals surface area contributed by atoms with E-state index in [4.69, 9.17) is 17.3 Å². The van der Waals surface area contributed by atoms with Crippen LogP contribution in [0.2, 0.25) is 5.02 Å². The Balaban J connectivity index is 2.26. The van der Waals surface area contributed by atoms with Crippen LogP contribution in [0.1, 0.15) is 25.7 Å². The van der Waals surface area contributed by atoms with Gasteiger partial charge in [0.2, 0.25) is 0 Å². The third-order valence-electron chi connectivity index (χ3n) is 3.68. The SMILES string of the molecule is CS(=O)(=O)C1CCCC(S(=O)c2c(N)cccc2Cl)C1. The van der Waals surface area contributed by atoms with E-state index in [1.807, 2.05) is 0 Å². The van der Waals surface area contributed by atoms with Crippen LogP contribution in [-0.4, -0.2) is 29.4 Å². The highest BCUT2D eigenvalue weighted by molar-refractivity contribution is 7.91. The molecule has 3 atom stereocenters. The van der Waals surface area contributed by atoms with Crippen LogP contribution >= 0.6 is 11.6 Å². The first-order valence-corrected chi connectivity index (χ1v) is 9.98. The third kappa shape index (κ3) is 3.35. The number of halogens is 1. The highest BCUT2D eigenvalue weighted by Gasteiger charge is 2.33. The van der Waals surface area contributed by atoms with Gasteiger partial charge in [-0.3, -0.25) is 4.21 Å². The van der Waals surface area contributed by atoms with Crippen LogP contribution in [0.25, 0.3) is 0 Å². The van der Waals surface area contributed by atoms with Crippen molar-refractivity contribution in [2.75, 3.05) is 12.0 Å². The van der Waals surface area contributed by atoms with Crippen molar-refractivity contribution in [3.05, 3.63) is 23.2 Å². The van der Waals surface area contributed by atoms with Gasteiger partial charge in [0.1, 0.15) is 9.84 Å². The van der Waals surface area contributed by atoms with E-state index in [2.05, 4.69) is 0 Å². The van der Waals surface area contributed by atoms with Crippen molar-refractivity contribution in [2.45, 2.75) is 41.1 Å². The van der Waals surface area contributed by atoms with Gasteiger partial charge in [-0.05, 0) is 31.4 Å². The van der Waals surface area contributed by atoms with E-state index in [1.54, 1.807) is 18.2 Å². The van der Waals surface area contributed by atoms with Crippen molar-refractivity contribution in [1.82, 2.24) is 0 Å². The number of benzene rings is 1. The average Bonchev–Trinajstić information content (AvgIpc) is 2.37. The van der Waals surface area contributed by atoms with E-state index in [0.29, 0.717) is 28.4 Å². The second kappa shape index (κ2) is 6.03. The zero-order valence-corrected chi connectivity index (χ0v) is 13.6. The van der Waals surface area contributed by atoms with E-state index in [1.165, 1.54) is 6.26 Å². The molecule has 1 aromatic rings. The molecule has 1 saturated carbocycles. The first-order valence-electron chi connectivity index (χ1n) is 6.44. The van der Waals surface area contributed by atoms with Gasteiger partial charge in [-0.2, -0.15) is 0 Å². The Bertz CT molecular complexity index is 610. The van der Waals surface area contributed by atoms with Crippen molar-refractivity contribution in [1.29, 1.82) is 0 Å². The summed E-state index contributed by atoms with van der Waals surface area (Å²) in [6.07, 6.45) is 3.80. The van der Waals surface area contributed by atoms with Crippen LogP contribution < -0.4 is 5.73 Å². The lowest BCUT2D eigenvalue weighted by molar-refractivity contribution is 0.487. The zero-order chi connectivity index (χ0) is 14.9. The van der Waals surface area contributed by atoms with Crippen LogP contribution in [0.5, 0.6) is 0 Å². The molecule has 2 rings (SSSR count). The minimum Gasteiger partial charge on any atom is -0.398 e. The number of anilines is 1. The number of sulfone groups is 1. The maximum Gasteiger partial charge on any atom is 0.150 e. The molecule has 3 unspecified atom stereocenters. The molecule has 0 radical (unpaired) electrons. The van der Waals surface area contributed by atoms with E-state index in [9.17, 15) is 12.6 Å². The lowest BCUT2D eigenvalue weighted by Gasteiger charge is -2.27. The summed E-state index contributed by atoms with van der Waals surface area (Å²) in [5.74, 6) is 0. The third-order valence-corrected chi connectivity index (χ3v) is 7.64. The predicted octanol–water partition coefficient (Wildman–Crippen LogP) is 2.39. The number of rotatable bonds is 3. The topological polar surface area (TPSA) is 77.2 Å². The minimum atomic E-state index is -3.09. The molecule has 1 aromatic carbocycles. The Labute approximate surface area is 127 Å². The van der Waals surface area contributed by atoms with Gasteiger partial charge in [0, 0.05) is 17.2 Å². The second-order valence-corrected chi connectivity index (χ2v) is 9.60. The fourth-order valence-corrected chi connectivity index (χ4v) is 5.98. The van der Waals surface area contributed by atoms with Crippen LogP contribution in [0.3, 0.4) is 0 Å². The largest absolute Gasteiger partial charge is 0.398 e. The van der Waals surface area contributed by atoms with Crippen molar-refractivity contribution in [3.8, 4) is 0 Å². The van der Waals surface area contributed by atoms with Gasteiger partial charge in [-0.15, -0.1) is 0 Å². The molecule has 0 spiro atoms. The Hall–Kier alpha value is -0.590. The lowest BCUT2D eigenvalue weighted by atomic mass is 10.00. The molecule has 20 heavy (non-hydrogen) atoms. The number of hydrogen-bond acceptors (Lipinski definition) is 4. The first kappa shape index (κ1) is 15.8. The van der Waals surface area contributed by atoms with E-state index in [0.717, 1.165) is 12.8 Å². The summed E-state index contributed by atoms with van der Waals surface area (Å²) in [7, 11) is -4.46. The number of hydrogen-bond donors (Lipinski definition) is 1. The molecule has 1 aliphatic carbocycles. The van der Waals surface area contributed by atoms with Gasteiger partial charge in [0.05, 0.1) is 26.0 Å². The van der Waals surface area contributed by atoms with Gasteiger partial charge in [-0.25, -0.2) is 8.42 Å². The molecule has 0 amide bonds. The van der Waals surface area contributed by atoms with Crippen LogP contribution in [0.4, 0.5) is 5.69 Å². The average molecular weight is 336 g/mol. The fraction of sp³-hybridized carbons (Fsp3) is 0.538. The second-order valence-electron chi connectivity index (χ2n) is 5.20. The Morgan fingerprint density at radius 1 is 1.35 bits per heavy atom. The van der Waals surface area contributed by atoms with E-state index >= 15 is 0 Å². The molecule has 2 N–H and O–H groups in total. The van der Waals surface area contributed by atoms with Crippen molar-refractivity contribution in [2.24, 2.45) is 0 Å². The predicted molar refractivity (Wildman–Crippen MR) is 83.2 cm³/mol. The van der Waals surface area contributed by atoms with Gasteiger partial charge < -0.3 is 5.73 Å². The summed E-state index contributed by atoms with van der Waals surface area (Å²) in [6, 6.07) is 5.02. The van der Waals surface area contributed by atoms with Gasteiger partial charge in [0.25, 0.3) is 0 Å². The molecule has 1 aliphatic rings.